The van der Waals surface area contributed by atoms with Crippen molar-refractivity contribution in [2.45, 2.75) is 12.8 Å². The summed E-state index contributed by atoms with van der Waals surface area (Å²) in [7, 11) is 1.52. The van der Waals surface area contributed by atoms with E-state index in [1.54, 1.807) is 21.1 Å². The summed E-state index contributed by atoms with van der Waals surface area (Å²) in [6, 6.07) is 0. The molecule has 5 nitrogen and oxygen atoms in total. The molecule has 0 atom stereocenters. The van der Waals surface area contributed by atoms with E-state index in [1.807, 2.05) is 0 Å². The Kier molecular flexibility index (Phi) is 4.51. The van der Waals surface area contributed by atoms with Crippen molar-refractivity contribution in [3.05, 3.63) is 0 Å². The molecular formula is C9H21N3O2S. The first-order chi connectivity index (χ1) is 6.94. The van der Waals surface area contributed by atoms with Gasteiger partial charge in [0.1, 0.15) is 0 Å². The molecule has 0 amide bonds. The summed E-state index contributed by atoms with van der Waals surface area (Å²) in [5.41, 5.74) is 0. The van der Waals surface area contributed by atoms with Crippen LogP contribution in [0.5, 0.6) is 0 Å². The highest BCUT2D eigenvalue weighted by molar-refractivity contribution is 7.86. The summed E-state index contributed by atoms with van der Waals surface area (Å²) >= 11 is 0. The third-order valence-corrected chi connectivity index (χ3v) is 4.68. The molecule has 6 heteroatoms. The fourth-order valence-corrected chi connectivity index (χ4v) is 2.55. The lowest BCUT2D eigenvalue weighted by Gasteiger charge is -2.23. The van der Waals surface area contributed by atoms with E-state index in [0.717, 1.165) is 19.6 Å². The molecule has 0 N–H and O–H groups in total. The molecule has 0 aromatic heterocycles. The maximum atomic E-state index is 11.7. The smallest absolute Gasteiger partial charge is 0.281 e. The molecule has 0 aromatic carbocycles. The molecule has 1 heterocycles. The maximum Gasteiger partial charge on any atom is 0.281 e. The summed E-state index contributed by atoms with van der Waals surface area (Å²) in [5, 5.41) is 0. The second-order valence-electron chi connectivity index (χ2n) is 4.16. The molecular weight excluding hydrogens is 214 g/mol. The normalized spacial score (nSPS) is 19.3. The van der Waals surface area contributed by atoms with Gasteiger partial charge in [-0.25, -0.2) is 0 Å². The second kappa shape index (κ2) is 5.25. The van der Waals surface area contributed by atoms with Crippen molar-refractivity contribution >= 4 is 10.2 Å². The minimum absolute atomic E-state index is 0.570. The van der Waals surface area contributed by atoms with Crippen molar-refractivity contribution in [1.29, 1.82) is 0 Å². The van der Waals surface area contributed by atoms with Crippen LogP contribution in [0, 0.1) is 0 Å². The van der Waals surface area contributed by atoms with E-state index in [9.17, 15) is 8.42 Å². The number of rotatable bonds is 5. The standard InChI is InChI=1S/C9H21N3O2S/c1-10(2)15(13,14)11(3)8-9-12-6-4-5-7-12/h4-9H2,1-3H3. The molecule has 0 radical (unpaired) electrons. The predicted molar refractivity (Wildman–Crippen MR) is 60.9 cm³/mol. The van der Waals surface area contributed by atoms with Gasteiger partial charge in [-0.1, -0.05) is 0 Å². The number of hydrogen-bond donors (Lipinski definition) is 0. The molecule has 0 spiro atoms. The Morgan fingerprint density at radius 3 is 2.13 bits per heavy atom. The highest BCUT2D eigenvalue weighted by Crippen LogP contribution is 2.07. The summed E-state index contributed by atoms with van der Waals surface area (Å²) in [4.78, 5) is 2.31. The van der Waals surface area contributed by atoms with Gasteiger partial charge in [0.05, 0.1) is 0 Å². The van der Waals surface area contributed by atoms with Crippen LogP contribution in [-0.4, -0.2) is 69.3 Å². The van der Waals surface area contributed by atoms with Crippen LogP contribution in [0.25, 0.3) is 0 Å². The van der Waals surface area contributed by atoms with Gasteiger partial charge in [-0.3, -0.25) is 0 Å². The van der Waals surface area contributed by atoms with Crippen molar-refractivity contribution in [2.75, 3.05) is 47.3 Å². The van der Waals surface area contributed by atoms with Crippen LogP contribution < -0.4 is 0 Å². The van der Waals surface area contributed by atoms with Crippen LogP contribution in [0.3, 0.4) is 0 Å². The minimum Gasteiger partial charge on any atom is -0.302 e. The van der Waals surface area contributed by atoms with Gasteiger partial charge in [0, 0.05) is 34.2 Å². The van der Waals surface area contributed by atoms with Crippen molar-refractivity contribution in [1.82, 2.24) is 13.5 Å². The Balaban J connectivity index is 2.38. The van der Waals surface area contributed by atoms with E-state index in [0.29, 0.717) is 6.54 Å². The van der Waals surface area contributed by atoms with Gasteiger partial charge >= 0.3 is 0 Å². The lowest BCUT2D eigenvalue weighted by atomic mass is 10.4. The first-order valence-corrected chi connectivity index (χ1v) is 6.70. The Morgan fingerprint density at radius 1 is 1.13 bits per heavy atom. The molecule has 0 saturated carbocycles. The summed E-state index contributed by atoms with van der Waals surface area (Å²) in [5.74, 6) is 0. The fourth-order valence-electron chi connectivity index (χ4n) is 1.68. The Morgan fingerprint density at radius 2 is 1.67 bits per heavy atom. The lowest BCUT2D eigenvalue weighted by Crippen LogP contribution is -2.41. The Bertz CT molecular complexity index is 284. The van der Waals surface area contributed by atoms with Gasteiger partial charge in [-0.15, -0.1) is 0 Å². The highest BCUT2D eigenvalue weighted by Gasteiger charge is 2.21. The molecule has 15 heavy (non-hydrogen) atoms. The zero-order valence-corrected chi connectivity index (χ0v) is 10.6. The summed E-state index contributed by atoms with van der Waals surface area (Å²) < 4.78 is 26.0. The molecule has 0 unspecified atom stereocenters. The first-order valence-electron chi connectivity index (χ1n) is 5.31. The molecule has 0 aromatic rings. The van der Waals surface area contributed by atoms with Crippen LogP contribution in [0.4, 0.5) is 0 Å². The Hall–Kier alpha value is -0.170. The largest absolute Gasteiger partial charge is 0.302 e. The van der Waals surface area contributed by atoms with Gasteiger partial charge in [0.2, 0.25) is 0 Å². The number of likely N-dealkylation sites (N-methyl/N-ethyl adjacent to an activating group) is 1. The van der Waals surface area contributed by atoms with Crippen LogP contribution in [-0.2, 0) is 10.2 Å². The monoisotopic (exact) mass is 235 g/mol. The quantitative estimate of drug-likeness (QED) is 0.664. The van der Waals surface area contributed by atoms with Crippen LogP contribution >= 0.6 is 0 Å². The highest BCUT2D eigenvalue weighted by atomic mass is 32.2. The SMILES string of the molecule is CN(C)S(=O)(=O)N(C)CCN1CCCC1. The Labute approximate surface area is 92.8 Å². The average molecular weight is 235 g/mol. The fraction of sp³-hybridized carbons (Fsp3) is 1.00. The molecule has 1 saturated heterocycles. The summed E-state index contributed by atoms with van der Waals surface area (Å²) in [6.07, 6.45) is 2.48. The van der Waals surface area contributed by atoms with Gasteiger partial charge < -0.3 is 4.90 Å². The van der Waals surface area contributed by atoms with Crippen molar-refractivity contribution < 1.29 is 8.42 Å². The molecule has 1 rings (SSSR count). The van der Waals surface area contributed by atoms with E-state index in [4.69, 9.17) is 0 Å². The van der Waals surface area contributed by atoms with Gasteiger partial charge in [-0.2, -0.15) is 17.0 Å². The number of hydrogen-bond acceptors (Lipinski definition) is 3. The maximum absolute atomic E-state index is 11.7. The van der Waals surface area contributed by atoms with Crippen molar-refractivity contribution in [3.8, 4) is 0 Å². The van der Waals surface area contributed by atoms with E-state index in [1.165, 1.54) is 21.5 Å². The van der Waals surface area contributed by atoms with Crippen LogP contribution in [0.1, 0.15) is 12.8 Å². The third kappa shape index (κ3) is 3.41. The van der Waals surface area contributed by atoms with E-state index < -0.39 is 10.2 Å². The zero-order valence-electron chi connectivity index (χ0n) is 9.81. The van der Waals surface area contributed by atoms with E-state index in [-0.39, 0.29) is 0 Å². The minimum atomic E-state index is -3.23. The summed E-state index contributed by atoms with van der Waals surface area (Å²) in [6.45, 7) is 3.62. The molecule has 1 fully saturated rings. The van der Waals surface area contributed by atoms with Gasteiger partial charge in [0.25, 0.3) is 10.2 Å². The van der Waals surface area contributed by atoms with E-state index in [2.05, 4.69) is 4.90 Å². The molecule has 0 aliphatic carbocycles. The first kappa shape index (κ1) is 12.9. The zero-order chi connectivity index (χ0) is 11.5. The molecule has 1 aliphatic rings. The average Bonchev–Trinajstić information content (AvgIpc) is 2.66. The topological polar surface area (TPSA) is 43.9 Å². The number of likely N-dealkylation sites (tertiary alicyclic amines) is 1. The van der Waals surface area contributed by atoms with E-state index >= 15 is 0 Å². The molecule has 1 aliphatic heterocycles. The predicted octanol–water partition coefficient (Wildman–Crippen LogP) is -0.180. The van der Waals surface area contributed by atoms with Crippen molar-refractivity contribution in [2.24, 2.45) is 0 Å². The lowest BCUT2D eigenvalue weighted by molar-refractivity contribution is 0.304. The number of nitrogens with zero attached hydrogens (tertiary/aromatic N) is 3. The molecule has 0 bridgehead atoms. The third-order valence-electron chi connectivity index (χ3n) is 2.79. The van der Waals surface area contributed by atoms with Crippen LogP contribution in [0.15, 0.2) is 0 Å². The van der Waals surface area contributed by atoms with Gasteiger partial charge in [-0.05, 0) is 25.9 Å². The van der Waals surface area contributed by atoms with Crippen LogP contribution in [0.2, 0.25) is 0 Å². The molecule has 90 valence electrons. The van der Waals surface area contributed by atoms with Crippen molar-refractivity contribution in [3.63, 3.8) is 0 Å². The van der Waals surface area contributed by atoms with Gasteiger partial charge in [0.15, 0.2) is 0 Å². The second-order valence-corrected chi connectivity index (χ2v) is 6.41.